The average molecular weight is 229 g/mol. The number of methoxy groups -OCH3 is 1. The zero-order chi connectivity index (χ0) is 11.8. The third kappa shape index (κ3) is 4.49. The molecule has 16 heavy (non-hydrogen) atoms. The van der Waals surface area contributed by atoms with Crippen LogP contribution in [0.15, 0.2) is 0 Å². The van der Waals surface area contributed by atoms with Crippen LogP contribution >= 0.6 is 0 Å². The molecule has 0 amide bonds. The minimum absolute atomic E-state index is 0.254. The monoisotopic (exact) mass is 229 g/mol. The van der Waals surface area contributed by atoms with Crippen molar-refractivity contribution in [1.29, 1.82) is 0 Å². The molecule has 0 heterocycles. The third-order valence-electron chi connectivity index (χ3n) is 3.13. The lowest BCUT2D eigenvalue weighted by molar-refractivity contribution is -0.145. The van der Waals surface area contributed by atoms with Crippen molar-refractivity contribution in [3.05, 3.63) is 0 Å². The summed E-state index contributed by atoms with van der Waals surface area (Å²) < 4.78 is 10.5. The van der Waals surface area contributed by atoms with Gasteiger partial charge in [0, 0.05) is 0 Å². The summed E-state index contributed by atoms with van der Waals surface area (Å²) in [5, 5.41) is 2.91. The lowest BCUT2D eigenvalue weighted by Crippen LogP contribution is -2.40. The van der Waals surface area contributed by atoms with Gasteiger partial charge in [-0.05, 0) is 19.9 Å². The van der Waals surface area contributed by atoms with Gasteiger partial charge in [-0.15, -0.1) is 0 Å². The zero-order valence-corrected chi connectivity index (χ0v) is 10.3. The number of hydrogen-bond donors (Lipinski definition) is 1. The second-order valence-corrected chi connectivity index (χ2v) is 4.31. The Kier molecular flexibility index (Phi) is 6.42. The number of carbonyl (C=O) groups excluding carboxylic acids is 1. The van der Waals surface area contributed by atoms with Crippen LogP contribution in [0.2, 0.25) is 0 Å². The van der Waals surface area contributed by atoms with Crippen LogP contribution in [0.3, 0.4) is 0 Å². The predicted octanol–water partition coefficient (Wildman–Crippen LogP) is 1.49. The van der Waals surface area contributed by atoms with E-state index in [0.29, 0.717) is 12.7 Å². The maximum atomic E-state index is 11.3. The molecule has 1 atom stereocenters. The van der Waals surface area contributed by atoms with Crippen LogP contribution < -0.4 is 5.32 Å². The minimum atomic E-state index is -0.340. The number of esters is 1. The average Bonchev–Trinajstić information content (AvgIpc) is 2.58. The van der Waals surface area contributed by atoms with Crippen molar-refractivity contribution in [3.8, 4) is 0 Å². The first-order valence-electron chi connectivity index (χ1n) is 6.14. The molecule has 94 valence electrons. The van der Waals surface area contributed by atoms with Gasteiger partial charge < -0.3 is 14.8 Å². The SMILES string of the molecule is CNC(COC1CCCCCC1)C(=O)OC. The highest BCUT2D eigenvalue weighted by Gasteiger charge is 2.20. The Morgan fingerprint density at radius 2 is 1.94 bits per heavy atom. The summed E-state index contributed by atoms with van der Waals surface area (Å²) in [4.78, 5) is 11.3. The molecular weight excluding hydrogens is 206 g/mol. The Balaban J connectivity index is 2.27. The fraction of sp³-hybridized carbons (Fsp3) is 0.917. The summed E-state index contributed by atoms with van der Waals surface area (Å²) in [6.45, 7) is 0.411. The molecule has 0 saturated heterocycles. The quantitative estimate of drug-likeness (QED) is 0.573. The smallest absolute Gasteiger partial charge is 0.325 e. The van der Waals surface area contributed by atoms with E-state index in [4.69, 9.17) is 4.74 Å². The van der Waals surface area contributed by atoms with Gasteiger partial charge >= 0.3 is 5.97 Å². The molecule has 0 spiro atoms. The van der Waals surface area contributed by atoms with Crippen molar-refractivity contribution in [2.24, 2.45) is 0 Å². The van der Waals surface area contributed by atoms with E-state index in [2.05, 4.69) is 10.1 Å². The second kappa shape index (κ2) is 7.63. The van der Waals surface area contributed by atoms with Gasteiger partial charge in [0.05, 0.1) is 19.8 Å². The van der Waals surface area contributed by atoms with Gasteiger partial charge in [0.15, 0.2) is 0 Å². The van der Waals surface area contributed by atoms with Crippen LogP contribution in [-0.4, -0.2) is 38.9 Å². The molecule has 0 bridgehead atoms. The van der Waals surface area contributed by atoms with Crippen LogP contribution in [0.4, 0.5) is 0 Å². The molecule has 1 saturated carbocycles. The van der Waals surface area contributed by atoms with Crippen LogP contribution in [0.5, 0.6) is 0 Å². The molecule has 0 aliphatic heterocycles. The van der Waals surface area contributed by atoms with Crippen molar-refractivity contribution >= 4 is 5.97 Å². The van der Waals surface area contributed by atoms with E-state index < -0.39 is 0 Å². The van der Waals surface area contributed by atoms with Crippen LogP contribution in [0, 0.1) is 0 Å². The Morgan fingerprint density at radius 3 is 2.44 bits per heavy atom. The molecule has 1 unspecified atom stereocenters. The molecule has 0 aromatic rings. The standard InChI is InChI=1S/C12H23NO3/c1-13-11(12(14)15-2)9-16-10-7-5-3-4-6-8-10/h10-11,13H,3-9H2,1-2H3. The first kappa shape index (κ1) is 13.5. The fourth-order valence-corrected chi connectivity index (χ4v) is 2.05. The summed E-state index contributed by atoms with van der Waals surface area (Å²) >= 11 is 0. The van der Waals surface area contributed by atoms with Gasteiger partial charge in [-0.2, -0.15) is 0 Å². The Morgan fingerprint density at radius 1 is 1.31 bits per heavy atom. The number of ether oxygens (including phenoxy) is 2. The molecule has 1 N–H and O–H groups in total. The summed E-state index contributed by atoms with van der Waals surface area (Å²) in [7, 11) is 3.15. The predicted molar refractivity (Wildman–Crippen MR) is 62.3 cm³/mol. The highest BCUT2D eigenvalue weighted by atomic mass is 16.5. The molecule has 4 nitrogen and oxygen atoms in total. The highest BCUT2D eigenvalue weighted by Crippen LogP contribution is 2.19. The third-order valence-corrected chi connectivity index (χ3v) is 3.13. The largest absolute Gasteiger partial charge is 0.468 e. The van der Waals surface area contributed by atoms with Gasteiger partial charge in [-0.3, -0.25) is 4.79 Å². The second-order valence-electron chi connectivity index (χ2n) is 4.31. The summed E-state index contributed by atoms with van der Waals surface area (Å²) in [5.74, 6) is -0.254. The van der Waals surface area contributed by atoms with Crippen LogP contribution in [0.25, 0.3) is 0 Å². The lowest BCUT2D eigenvalue weighted by atomic mass is 10.1. The van der Waals surface area contributed by atoms with Crippen LogP contribution in [0.1, 0.15) is 38.5 Å². The Bertz CT molecular complexity index is 200. The number of hydrogen-bond acceptors (Lipinski definition) is 4. The van der Waals surface area contributed by atoms with Crippen molar-refractivity contribution in [3.63, 3.8) is 0 Å². The number of likely N-dealkylation sites (N-methyl/N-ethyl adjacent to an activating group) is 1. The van der Waals surface area contributed by atoms with E-state index in [0.717, 1.165) is 12.8 Å². The van der Waals surface area contributed by atoms with Gasteiger partial charge in [0.1, 0.15) is 6.04 Å². The van der Waals surface area contributed by atoms with E-state index in [1.54, 1.807) is 7.05 Å². The maximum absolute atomic E-state index is 11.3. The summed E-state index contributed by atoms with van der Waals surface area (Å²) in [5.41, 5.74) is 0. The maximum Gasteiger partial charge on any atom is 0.325 e. The molecule has 1 aliphatic carbocycles. The lowest BCUT2D eigenvalue weighted by Gasteiger charge is -2.19. The fourth-order valence-electron chi connectivity index (χ4n) is 2.05. The Labute approximate surface area is 97.7 Å². The van der Waals surface area contributed by atoms with E-state index in [9.17, 15) is 4.79 Å². The first-order chi connectivity index (χ1) is 7.77. The molecular formula is C12H23NO3. The molecule has 4 heteroatoms. The van der Waals surface area contributed by atoms with Crippen molar-refractivity contribution in [1.82, 2.24) is 5.32 Å². The van der Waals surface area contributed by atoms with E-state index in [-0.39, 0.29) is 12.0 Å². The molecule has 0 aromatic carbocycles. The van der Waals surface area contributed by atoms with Crippen LogP contribution in [-0.2, 0) is 14.3 Å². The van der Waals surface area contributed by atoms with Crippen molar-refractivity contribution in [2.45, 2.75) is 50.7 Å². The normalized spacial score (nSPS) is 20.1. The number of carbonyl (C=O) groups is 1. The molecule has 1 rings (SSSR count). The van der Waals surface area contributed by atoms with E-state index >= 15 is 0 Å². The highest BCUT2D eigenvalue weighted by molar-refractivity contribution is 5.75. The minimum Gasteiger partial charge on any atom is -0.468 e. The molecule has 0 aromatic heterocycles. The number of nitrogens with one attached hydrogen (secondary N) is 1. The molecule has 1 fully saturated rings. The van der Waals surface area contributed by atoms with E-state index in [1.165, 1.54) is 32.8 Å². The Hall–Kier alpha value is -0.610. The van der Waals surface area contributed by atoms with Gasteiger partial charge in [-0.1, -0.05) is 25.7 Å². The van der Waals surface area contributed by atoms with Crippen molar-refractivity contribution < 1.29 is 14.3 Å². The summed E-state index contributed by atoms with van der Waals surface area (Å²) in [6.07, 6.45) is 7.68. The van der Waals surface area contributed by atoms with Gasteiger partial charge in [-0.25, -0.2) is 0 Å². The summed E-state index contributed by atoms with van der Waals surface area (Å²) in [6, 6.07) is -0.340. The van der Waals surface area contributed by atoms with Crippen molar-refractivity contribution in [2.75, 3.05) is 20.8 Å². The van der Waals surface area contributed by atoms with Gasteiger partial charge in [0.25, 0.3) is 0 Å². The topological polar surface area (TPSA) is 47.6 Å². The first-order valence-corrected chi connectivity index (χ1v) is 6.14. The molecule has 0 radical (unpaired) electrons. The van der Waals surface area contributed by atoms with Gasteiger partial charge in [0.2, 0.25) is 0 Å². The number of rotatable bonds is 5. The van der Waals surface area contributed by atoms with E-state index in [1.807, 2.05) is 0 Å². The zero-order valence-electron chi connectivity index (χ0n) is 10.3. The molecule has 1 aliphatic rings.